The molecule has 5 heterocycles. The third-order valence-electron chi connectivity index (χ3n) is 11.9. The largest absolute Gasteiger partial charge is 0.422 e. The maximum absolute atomic E-state index is 14.1. The molecule has 0 unspecified atom stereocenters. The van der Waals surface area contributed by atoms with Gasteiger partial charge in [0.05, 0.1) is 22.2 Å². The summed E-state index contributed by atoms with van der Waals surface area (Å²) in [5.41, 5.74) is 15.9. The highest BCUT2D eigenvalue weighted by Gasteiger charge is 2.42. The van der Waals surface area contributed by atoms with Gasteiger partial charge < -0.3 is 24.0 Å². The van der Waals surface area contributed by atoms with Gasteiger partial charge in [-0.15, -0.1) is 0 Å². The molecule has 0 spiro atoms. The molecule has 2 N–H and O–H groups in total. The van der Waals surface area contributed by atoms with E-state index in [2.05, 4.69) is 73.6 Å². The van der Waals surface area contributed by atoms with Gasteiger partial charge in [0.15, 0.2) is 0 Å². The Balaban J connectivity index is 1.19. The first-order chi connectivity index (χ1) is 25.5. The van der Waals surface area contributed by atoms with Crippen LogP contribution in [0.1, 0.15) is 51.7 Å². The molecule has 10 rings (SSSR count). The molecule has 0 aliphatic carbocycles. The van der Waals surface area contributed by atoms with Crippen LogP contribution in [0.5, 0.6) is 0 Å². The maximum atomic E-state index is 14.1. The summed E-state index contributed by atoms with van der Waals surface area (Å²) in [6.45, 7) is 11.2. The van der Waals surface area contributed by atoms with Crippen LogP contribution in [-0.2, 0) is 10.8 Å². The van der Waals surface area contributed by atoms with E-state index in [9.17, 15) is 9.59 Å². The van der Waals surface area contributed by atoms with Crippen molar-refractivity contribution in [2.24, 2.45) is 0 Å². The van der Waals surface area contributed by atoms with Gasteiger partial charge in [-0.25, -0.2) is 9.59 Å². The number of nitrogens with zero attached hydrogens (tertiary/aromatic N) is 2. The van der Waals surface area contributed by atoms with Crippen molar-refractivity contribution in [2.45, 2.75) is 51.4 Å². The van der Waals surface area contributed by atoms with Crippen LogP contribution in [0, 0.1) is 0 Å². The molecule has 0 atom stereocenters. The average Bonchev–Trinajstić information content (AvgIpc) is 3.46. The monoisotopic (exact) mass is 697 g/mol. The van der Waals surface area contributed by atoms with Crippen LogP contribution in [0.25, 0.3) is 71.7 Å². The third kappa shape index (κ3) is 4.72. The van der Waals surface area contributed by atoms with E-state index >= 15 is 0 Å². The molecule has 2 aliphatic rings. The van der Waals surface area contributed by atoms with Crippen molar-refractivity contribution in [1.82, 2.24) is 4.57 Å². The lowest BCUT2D eigenvalue weighted by Gasteiger charge is -2.48. The van der Waals surface area contributed by atoms with Crippen LogP contribution >= 0.6 is 0 Å². The third-order valence-corrected chi connectivity index (χ3v) is 11.9. The lowest BCUT2D eigenvalue weighted by atomic mass is 9.69. The van der Waals surface area contributed by atoms with Gasteiger partial charge in [0.2, 0.25) is 0 Å². The van der Waals surface area contributed by atoms with Crippen LogP contribution in [0.3, 0.4) is 0 Å². The predicted octanol–water partition coefficient (Wildman–Crippen LogP) is 10.1. The molecule has 7 nitrogen and oxygen atoms in total. The second-order valence-corrected chi connectivity index (χ2v) is 16.1. The van der Waals surface area contributed by atoms with Crippen LogP contribution in [0.2, 0.25) is 0 Å². The van der Waals surface area contributed by atoms with Crippen molar-refractivity contribution in [3.63, 3.8) is 0 Å². The average molecular weight is 698 g/mol. The van der Waals surface area contributed by atoms with Gasteiger partial charge in [0.1, 0.15) is 11.2 Å². The van der Waals surface area contributed by atoms with Crippen molar-refractivity contribution >= 4 is 55.1 Å². The van der Waals surface area contributed by atoms with E-state index in [0.29, 0.717) is 28.0 Å². The molecule has 2 aliphatic heterocycles. The van der Waals surface area contributed by atoms with E-state index in [1.807, 2.05) is 54.6 Å². The number of nitrogens with two attached hydrogens (primary N) is 1. The summed E-state index contributed by atoms with van der Waals surface area (Å²) in [7, 11) is 0. The van der Waals surface area contributed by atoms with Crippen LogP contribution < -0.4 is 21.9 Å². The standard InChI is InChI=1S/C46H39N3O4/c1-45(2)16-18-48-19-17-46(3,4)40-41(48)36(45)22-29-21-35(44(51)53-42(29)40)27-12-15-33-32-14-11-26(34-20-28-10-13-30(47)25-39(28)52-43(34)50)23-37(32)49(38(33)24-27)31-8-6-5-7-9-31/h5-15,20-25H,16-19,47H2,1-4H3. The Morgan fingerprint density at radius 3 is 1.94 bits per heavy atom. The number of hydrogen-bond donors (Lipinski definition) is 1. The minimum Gasteiger partial charge on any atom is -0.422 e. The summed E-state index contributed by atoms with van der Waals surface area (Å²) >= 11 is 0. The van der Waals surface area contributed by atoms with Crippen molar-refractivity contribution in [1.29, 1.82) is 0 Å². The van der Waals surface area contributed by atoms with E-state index in [0.717, 1.165) is 80.9 Å². The van der Waals surface area contributed by atoms with Crippen molar-refractivity contribution in [2.75, 3.05) is 23.7 Å². The quantitative estimate of drug-likeness (QED) is 0.146. The smallest absolute Gasteiger partial charge is 0.344 e. The Labute approximate surface area is 305 Å². The van der Waals surface area contributed by atoms with Gasteiger partial charge in [-0.2, -0.15) is 0 Å². The van der Waals surface area contributed by atoms with Crippen molar-refractivity contribution in [3.8, 4) is 27.9 Å². The first-order valence-corrected chi connectivity index (χ1v) is 18.4. The summed E-state index contributed by atoms with van der Waals surface area (Å²) < 4.78 is 14.3. The Hall–Kier alpha value is -6.08. The molecule has 0 fully saturated rings. The molecule has 53 heavy (non-hydrogen) atoms. The Kier molecular flexibility index (Phi) is 6.55. The van der Waals surface area contributed by atoms with Crippen molar-refractivity contribution < 1.29 is 8.83 Å². The van der Waals surface area contributed by atoms with Gasteiger partial charge in [-0.3, -0.25) is 0 Å². The number of hydrogen-bond acceptors (Lipinski definition) is 6. The fraction of sp³-hybridized carbons (Fsp3) is 0.217. The summed E-state index contributed by atoms with van der Waals surface area (Å²) in [5.74, 6) is 0. The molecular weight excluding hydrogens is 659 g/mol. The zero-order chi connectivity index (χ0) is 36.4. The summed E-state index contributed by atoms with van der Waals surface area (Å²) in [6, 6.07) is 33.9. The van der Waals surface area contributed by atoms with E-state index < -0.39 is 5.63 Å². The predicted molar refractivity (Wildman–Crippen MR) is 216 cm³/mol. The lowest BCUT2D eigenvalue weighted by Crippen LogP contribution is -2.44. The van der Waals surface area contributed by atoms with Crippen molar-refractivity contribution in [3.05, 3.63) is 135 Å². The molecular formula is C46H39N3O4. The second kappa shape index (κ2) is 11.0. The highest BCUT2D eigenvalue weighted by molar-refractivity contribution is 6.11. The number of rotatable bonds is 3. The second-order valence-electron chi connectivity index (χ2n) is 16.1. The minimum atomic E-state index is -0.426. The van der Waals surface area contributed by atoms with Gasteiger partial charge in [0.25, 0.3) is 0 Å². The SMILES string of the molecule is CC1(C)CCN2CCC(C)(C)c3c2c1cc1cc(-c2ccc4c5ccc(-c6cc7ccc(N)cc7oc6=O)cc5n(-c5ccccc5)c4c2)c(=O)oc31. The van der Waals surface area contributed by atoms with Crippen LogP contribution in [-0.4, -0.2) is 17.7 Å². The molecule has 0 amide bonds. The fourth-order valence-corrected chi connectivity index (χ4v) is 8.89. The molecule has 0 saturated heterocycles. The Morgan fingerprint density at radius 1 is 0.642 bits per heavy atom. The molecule has 5 aromatic carbocycles. The van der Waals surface area contributed by atoms with Gasteiger partial charge in [-0.1, -0.05) is 70.2 Å². The van der Waals surface area contributed by atoms with Gasteiger partial charge >= 0.3 is 11.3 Å². The van der Waals surface area contributed by atoms with Crippen LogP contribution in [0.4, 0.5) is 11.4 Å². The summed E-state index contributed by atoms with van der Waals surface area (Å²) in [4.78, 5) is 29.9. The number of para-hydroxylation sites is 1. The maximum Gasteiger partial charge on any atom is 0.344 e. The Morgan fingerprint density at radius 2 is 1.26 bits per heavy atom. The number of aromatic nitrogens is 1. The van der Waals surface area contributed by atoms with E-state index in [1.165, 1.54) is 11.3 Å². The highest BCUT2D eigenvalue weighted by Crippen LogP contribution is 2.52. The number of nitrogen functional groups attached to an aromatic ring is 1. The number of fused-ring (bicyclic) bond motifs is 6. The molecule has 3 aromatic heterocycles. The Bertz CT molecular complexity index is 2960. The molecule has 8 aromatic rings. The van der Waals surface area contributed by atoms with Crippen LogP contribution in [0.15, 0.2) is 122 Å². The molecule has 7 heteroatoms. The summed E-state index contributed by atoms with van der Waals surface area (Å²) in [5, 5.41) is 3.82. The highest BCUT2D eigenvalue weighted by atomic mass is 16.4. The van der Waals surface area contributed by atoms with E-state index in [4.69, 9.17) is 14.6 Å². The zero-order valence-corrected chi connectivity index (χ0v) is 30.2. The topological polar surface area (TPSA) is 94.6 Å². The molecule has 0 bridgehead atoms. The number of benzene rings is 5. The molecule has 262 valence electrons. The van der Waals surface area contributed by atoms with E-state index in [1.54, 1.807) is 12.1 Å². The summed E-state index contributed by atoms with van der Waals surface area (Å²) in [6.07, 6.45) is 2.09. The molecule has 0 radical (unpaired) electrons. The lowest BCUT2D eigenvalue weighted by molar-refractivity contribution is 0.398. The van der Waals surface area contributed by atoms with Gasteiger partial charge in [-0.05, 0) is 95.0 Å². The van der Waals surface area contributed by atoms with E-state index in [-0.39, 0.29) is 16.5 Å². The first kappa shape index (κ1) is 31.6. The van der Waals surface area contributed by atoms with Gasteiger partial charge in [0, 0.05) is 63.3 Å². The fourth-order valence-electron chi connectivity index (χ4n) is 8.89. The molecule has 0 saturated carbocycles. The normalized spacial score (nSPS) is 16.1. The minimum absolute atomic E-state index is 0.00860. The first-order valence-electron chi connectivity index (χ1n) is 18.4. The number of anilines is 2. The zero-order valence-electron chi connectivity index (χ0n) is 30.2.